The quantitative estimate of drug-likeness (QED) is 0.462. The third-order valence-electron chi connectivity index (χ3n) is 3.77. The van der Waals surface area contributed by atoms with Crippen molar-refractivity contribution in [2.45, 2.75) is 13.3 Å². The molecule has 0 saturated carbocycles. The molecule has 126 valence electrons. The summed E-state index contributed by atoms with van der Waals surface area (Å²) >= 11 is 0. The van der Waals surface area contributed by atoms with E-state index < -0.39 is 5.97 Å². The van der Waals surface area contributed by atoms with Gasteiger partial charge in [0.2, 0.25) is 0 Å². The van der Waals surface area contributed by atoms with Crippen molar-refractivity contribution in [1.82, 2.24) is 0 Å². The average Bonchev–Trinajstić information content (AvgIpc) is 2.61. The minimum Gasteiger partial charge on any atom is -0.496 e. The number of ketones is 1. The lowest BCUT2D eigenvalue weighted by molar-refractivity contribution is -0.139. The fraction of sp³-hybridized carbons (Fsp3) is 0.263. The van der Waals surface area contributed by atoms with Gasteiger partial charge < -0.3 is 14.2 Å². The van der Waals surface area contributed by atoms with Crippen molar-refractivity contribution in [3.8, 4) is 22.6 Å². The van der Waals surface area contributed by atoms with E-state index in [2.05, 4.69) is 4.74 Å². The SMILES string of the molecule is COC(=O)CC(=O)c1ccc(-c2cc(C)c(OC)cc2OC)cc1. The number of rotatable bonds is 6. The summed E-state index contributed by atoms with van der Waals surface area (Å²) in [6.45, 7) is 1.95. The summed E-state index contributed by atoms with van der Waals surface area (Å²) in [5.74, 6) is 0.620. The van der Waals surface area contributed by atoms with E-state index in [-0.39, 0.29) is 12.2 Å². The van der Waals surface area contributed by atoms with Crippen LogP contribution in [0.15, 0.2) is 36.4 Å². The molecule has 0 aliphatic carbocycles. The van der Waals surface area contributed by atoms with Crippen LogP contribution in [0.1, 0.15) is 22.3 Å². The van der Waals surface area contributed by atoms with Gasteiger partial charge in [0.05, 0.1) is 21.3 Å². The predicted molar refractivity (Wildman–Crippen MR) is 90.7 cm³/mol. The lowest BCUT2D eigenvalue weighted by atomic mass is 9.99. The van der Waals surface area contributed by atoms with Gasteiger partial charge in [0.25, 0.3) is 0 Å². The van der Waals surface area contributed by atoms with Crippen LogP contribution in [-0.4, -0.2) is 33.1 Å². The fourth-order valence-corrected chi connectivity index (χ4v) is 2.42. The number of benzene rings is 2. The maximum absolute atomic E-state index is 12.0. The standard InChI is InChI=1S/C19H20O5/c1-12-9-15(18(23-3)11-17(12)22-2)13-5-7-14(8-6-13)16(20)10-19(21)24-4/h5-9,11H,10H2,1-4H3. The third kappa shape index (κ3) is 3.74. The highest BCUT2D eigenvalue weighted by Crippen LogP contribution is 2.35. The zero-order chi connectivity index (χ0) is 17.7. The Morgan fingerprint density at radius 3 is 2.08 bits per heavy atom. The molecule has 2 aromatic carbocycles. The molecular weight excluding hydrogens is 308 g/mol. The van der Waals surface area contributed by atoms with Crippen LogP contribution in [0.25, 0.3) is 11.1 Å². The first-order valence-electron chi connectivity index (χ1n) is 7.43. The molecule has 0 radical (unpaired) electrons. The molecule has 0 heterocycles. The molecule has 0 bridgehead atoms. The van der Waals surface area contributed by atoms with E-state index in [4.69, 9.17) is 9.47 Å². The Morgan fingerprint density at radius 2 is 1.54 bits per heavy atom. The van der Waals surface area contributed by atoms with Crippen LogP contribution in [0.3, 0.4) is 0 Å². The molecule has 0 saturated heterocycles. The number of esters is 1. The Bertz CT molecular complexity index is 747. The second kappa shape index (κ2) is 7.64. The molecule has 0 aromatic heterocycles. The number of ether oxygens (including phenoxy) is 3. The molecule has 5 nitrogen and oxygen atoms in total. The van der Waals surface area contributed by atoms with Crippen molar-refractivity contribution in [2.75, 3.05) is 21.3 Å². The molecule has 0 amide bonds. The monoisotopic (exact) mass is 328 g/mol. The van der Waals surface area contributed by atoms with Gasteiger partial charge in [-0.2, -0.15) is 0 Å². The minimum atomic E-state index is -0.545. The molecule has 5 heteroatoms. The Labute approximate surface area is 141 Å². The Morgan fingerprint density at radius 1 is 0.917 bits per heavy atom. The number of carbonyl (C=O) groups excluding carboxylic acids is 2. The summed E-state index contributed by atoms with van der Waals surface area (Å²) in [5.41, 5.74) is 3.27. The summed E-state index contributed by atoms with van der Waals surface area (Å²) < 4.78 is 15.3. The molecule has 0 spiro atoms. The van der Waals surface area contributed by atoms with Gasteiger partial charge in [-0.15, -0.1) is 0 Å². The summed E-state index contributed by atoms with van der Waals surface area (Å²) in [6.07, 6.45) is -0.263. The van der Waals surface area contributed by atoms with Gasteiger partial charge in [-0.25, -0.2) is 0 Å². The molecule has 2 aromatic rings. The first-order chi connectivity index (χ1) is 11.5. The predicted octanol–water partition coefficient (Wildman–Crippen LogP) is 3.43. The van der Waals surface area contributed by atoms with Gasteiger partial charge in [0.1, 0.15) is 17.9 Å². The zero-order valence-corrected chi connectivity index (χ0v) is 14.2. The third-order valence-corrected chi connectivity index (χ3v) is 3.77. The van der Waals surface area contributed by atoms with Crippen LogP contribution in [0, 0.1) is 6.92 Å². The van der Waals surface area contributed by atoms with Crippen molar-refractivity contribution < 1.29 is 23.8 Å². The van der Waals surface area contributed by atoms with Gasteiger partial charge in [-0.3, -0.25) is 9.59 Å². The molecule has 0 N–H and O–H groups in total. The molecule has 0 unspecified atom stereocenters. The van der Waals surface area contributed by atoms with Gasteiger partial charge >= 0.3 is 5.97 Å². The van der Waals surface area contributed by atoms with E-state index in [9.17, 15) is 9.59 Å². The maximum Gasteiger partial charge on any atom is 0.313 e. The van der Waals surface area contributed by atoms with Gasteiger partial charge in [-0.05, 0) is 24.1 Å². The van der Waals surface area contributed by atoms with Crippen LogP contribution in [0.5, 0.6) is 11.5 Å². The maximum atomic E-state index is 12.0. The smallest absolute Gasteiger partial charge is 0.313 e. The van der Waals surface area contributed by atoms with Crippen molar-refractivity contribution in [1.29, 1.82) is 0 Å². The van der Waals surface area contributed by atoms with Crippen LogP contribution < -0.4 is 9.47 Å². The van der Waals surface area contributed by atoms with E-state index in [1.165, 1.54) is 7.11 Å². The van der Waals surface area contributed by atoms with E-state index in [1.807, 2.05) is 31.2 Å². The highest BCUT2D eigenvalue weighted by molar-refractivity contribution is 6.06. The molecule has 24 heavy (non-hydrogen) atoms. The first-order valence-corrected chi connectivity index (χ1v) is 7.43. The minimum absolute atomic E-state index is 0.263. The normalized spacial score (nSPS) is 10.2. The van der Waals surface area contributed by atoms with Crippen LogP contribution >= 0.6 is 0 Å². The Hall–Kier alpha value is -2.82. The number of hydrogen-bond donors (Lipinski definition) is 0. The van der Waals surface area contributed by atoms with E-state index >= 15 is 0 Å². The second-order valence-corrected chi connectivity index (χ2v) is 5.28. The van der Waals surface area contributed by atoms with Crippen LogP contribution in [0.2, 0.25) is 0 Å². The highest BCUT2D eigenvalue weighted by Gasteiger charge is 2.14. The summed E-state index contributed by atoms with van der Waals surface area (Å²) in [7, 11) is 4.47. The number of methoxy groups -OCH3 is 3. The number of Topliss-reactive ketones (excluding diaryl/α,β-unsaturated/α-hetero) is 1. The molecule has 0 fully saturated rings. The topological polar surface area (TPSA) is 61.8 Å². The second-order valence-electron chi connectivity index (χ2n) is 5.28. The van der Waals surface area contributed by atoms with Gasteiger partial charge in [-0.1, -0.05) is 24.3 Å². The lowest BCUT2D eigenvalue weighted by Crippen LogP contribution is -2.09. The van der Waals surface area contributed by atoms with E-state index in [1.54, 1.807) is 26.4 Å². The summed E-state index contributed by atoms with van der Waals surface area (Å²) in [4.78, 5) is 23.2. The Balaban J connectivity index is 2.32. The summed E-state index contributed by atoms with van der Waals surface area (Å²) in [5, 5.41) is 0. The molecule has 0 aliphatic heterocycles. The summed E-state index contributed by atoms with van der Waals surface area (Å²) in [6, 6.07) is 10.9. The van der Waals surface area contributed by atoms with Gasteiger partial charge in [0, 0.05) is 17.2 Å². The fourth-order valence-electron chi connectivity index (χ4n) is 2.42. The van der Waals surface area contributed by atoms with Crippen molar-refractivity contribution in [3.63, 3.8) is 0 Å². The number of carbonyl (C=O) groups is 2. The van der Waals surface area contributed by atoms with Crippen molar-refractivity contribution in [3.05, 3.63) is 47.5 Å². The Kier molecular flexibility index (Phi) is 5.58. The van der Waals surface area contributed by atoms with Crippen molar-refractivity contribution in [2.24, 2.45) is 0 Å². The number of hydrogen-bond acceptors (Lipinski definition) is 5. The van der Waals surface area contributed by atoms with Crippen molar-refractivity contribution >= 4 is 11.8 Å². The van der Waals surface area contributed by atoms with E-state index in [0.29, 0.717) is 11.3 Å². The van der Waals surface area contributed by atoms with Crippen LogP contribution in [-0.2, 0) is 9.53 Å². The molecule has 2 rings (SSSR count). The zero-order valence-electron chi connectivity index (χ0n) is 14.2. The lowest BCUT2D eigenvalue weighted by Gasteiger charge is -2.13. The van der Waals surface area contributed by atoms with Gasteiger partial charge in [0.15, 0.2) is 5.78 Å². The highest BCUT2D eigenvalue weighted by atomic mass is 16.5. The molecular formula is C19H20O5. The van der Waals surface area contributed by atoms with Crippen LogP contribution in [0.4, 0.5) is 0 Å². The molecule has 0 aliphatic rings. The average molecular weight is 328 g/mol. The molecule has 0 atom stereocenters. The largest absolute Gasteiger partial charge is 0.496 e. The number of aryl methyl sites for hydroxylation is 1. The first kappa shape index (κ1) is 17.5. The van der Waals surface area contributed by atoms with E-state index in [0.717, 1.165) is 22.4 Å².